The predicted molar refractivity (Wildman–Crippen MR) is 254 cm³/mol. The van der Waals surface area contributed by atoms with E-state index in [1.54, 1.807) is 43.5 Å². The smallest absolute Gasteiger partial charge is 0.416 e. The van der Waals surface area contributed by atoms with E-state index in [1.807, 2.05) is 6.92 Å². The molecule has 0 saturated carbocycles. The third kappa shape index (κ3) is 11.2. The molecule has 366 valence electrons. The third-order valence-corrected chi connectivity index (χ3v) is 10.4. The molecular weight excluding hydrogens is 943 g/mol. The first-order valence-corrected chi connectivity index (χ1v) is 21.5. The standard InChI is InChI=1S/C25H19F6N3O2.C24H21N5O6/c1-3-36-23-22-19(10-14(2)32-23)34(18-9-5-7-16(12-18)25(29,30)31)21(13-20(22)35)33-17-8-4-6-15(11-17)24(26,27)28;1-3-10-35-24-23-20(11-15(2)25-24)27(17-7-5-9-19(13-17)29(33)34)22(14-21(23)30)26-16-6-4-8-18(12-16)28(31)32/h4-13,33H,3H2,1-2H3;4-9,11-14,26H,3,10H2,1-2H3. The number of aromatic nitrogens is 4. The number of nitro benzene ring substituents is 2. The van der Waals surface area contributed by atoms with Gasteiger partial charge in [-0.3, -0.25) is 39.0 Å². The van der Waals surface area contributed by atoms with Crippen LogP contribution in [0.2, 0.25) is 0 Å². The maximum Gasteiger partial charge on any atom is 0.416 e. The van der Waals surface area contributed by atoms with Crippen LogP contribution in [0, 0.1) is 34.1 Å². The average Bonchev–Trinajstić information content (AvgIpc) is 3.30. The molecule has 0 aliphatic heterocycles. The number of halogens is 6. The number of alkyl halides is 6. The van der Waals surface area contributed by atoms with Gasteiger partial charge >= 0.3 is 12.4 Å². The van der Waals surface area contributed by atoms with Gasteiger partial charge in [0, 0.05) is 64.8 Å². The molecule has 22 heteroatoms. The molecule has 8 aromatic rings. The van der Waals surface area contributed by atoms with Crippen LogP contribution in [0.1, 0.15) is 42.8 Å². The van der Waals surface area contributed by atoms with Gasteiger partial charge in [-0.25, -0.2) is 9.97 Å². The zero-order valence-corrected chi connectivity index (χ0v) is 37.9. The normalized spacial score (nSPS) is 11.5. The van der Waals surface area contributed by atoms with Crippen molar-refractivity contribution in [2.75, 3.05) is 23.8 Å². The second-order valence-electron chi connectivity index (χ2n) is 15.6. The molecule has 0 unspecified atom stereocenters. The van der Waals surface area contributed by atoms with E-state index in [1.165, 1.54) is 77.4 Å². The van der Waals surface area contributed by atoms with Crippen molar-refractivity contribution in [3.8, 4) is 23.1 Å². The molecule has 8 rings (SSSR count). The molecule has 4 heterocycles. The molecular formula is C49H40F6N8O8. The zero-order valence-electron chi connectivity index (χ0n) is 37.9. The van der Waals surface area contributed by atoms with E-state index in [2.05, 4.69) is 20.6 Å². The van der Waals surface area contributed by atoms with Crippen LogP contribution in [0.15, 0.2) is 131 Å². The molecule has 0 spiro atoms. The maximum atomic E-state index is 13.5. The fourth-order valence-electron chi connectivity index (χ4n) is 7.47. The van der Waals surface area contributed by atoms with Gasteiger partial charge in [-0.1, -0.05) is 31.2 Å². The van der Waals surface area contributed by atoms with Crippen molar-refractivity contribution in [3.05, 3.63) is 185 Å². The van der Waals surface area contributed by atoms with E-state index in [0.29, 0.717) is 41.3 Å². The van der Waals surface area contributed by atoms with Crippen LogP contribution in [0.3, 0.4) is 0 Å². The number of non-ortho nitro benzene ring substituents is 2. The van der Waals surface area contributed by atoms with Crippen molar-refractivity contribution in [1.82, 2.24) is 19.1 Å². The number of nitro groups is 2. The highest BCUT2D eigenvalue weighted by molar-refractivity contribution is 5.89. The first kappa shape index (κ1) is 50.1. The first-order valence-electron chi connectivity index (χ1n) is 21.5. The van der Waals surface area contributed by atoms with E-state index >= 15 is 0 Å². The van der Waals surface area contributed by atoms with Gasteiger partial charge in [0.15, 0.2) is 10.9 Å². The molecule has 0 fully saturated rings. The molecule has 0 aliphatic carbocycles. The Kier molecular flexibility index (Phi) is 14.4. The van der Waals surface area contributed by atoms with Crippen LogP contribution in [0.5, 0.6) is 11.8 Å². The van der Waals surface area contributed by atoms with Crippen molar-refractivity contribution < 1.29 is 45.7 Å². The van der Waals surface area contributed by atoms with Crippen LogP contribution in [0.25, 0.3) is 33.2 Å². The summed E-state index contributed by atoms with van der Waals surface area (Å²) in [5, 5.41) is 28.7. The monoisotopic (exact) mass is 982 g/mol. The zero-order chi connectivity index (χ0) is 51.4. The summed E-state index contributed by atoms with van der Waals surface area (Å²) in [5.74, 6) is 0.395. The van der Waals surface area contributed by atoms with Gasteiger partial charge in [-0.05, 0) is 87.9 Å². The Morgan fingerprint density at radius 2 is 1.01 bits per heavy atom. The van der Waals surface area contributed by atoms with E-state index in [-0.39, 0.29) is 74.5 Å². The number of benzene rings is 4. The first-order chi connectivity index (χ1) is 33.7. The summed E-state index contributed by atoms with van der Waals surface area (Å²) in [6.07, 6.45) is -8.55. The Morgan fingerprint density at radius 3 is 1.51 bits per heavy atom. The number of aryl methyl sites for hydroxylation is 2. The van der Waals surface area contributed by atoms with Crippen LogP contribution in [-0.2, 0) is 12.4 Å². The molecule has 0 bridgehead atoms. The minimum absolute atomic E-state index is 0.00356. The predicted octanol–water partition coefficient (Wildman–Crippen LogP) is 11.9. The Bertz CT molecular complexity index is 3470. The SMILES string of the molecule is CCCOc1nc(C)cc2c1c(=O)cc(Nc1cccc([N+](=O)[O-])c1)n2-c1cccc([N+](=O)[O-])c1.CCOc1nc(C)cc2c1c(=O)cc(Nc1cccc(C(F)(F)F)c1)n2-c1cccc(C(F)(F)F)c1. The third-order valence-electron chi connectivity index (χ3n) is 10.4. The van der Waals surface area contributed by atoms with Gasteiger partial charge in [-0.15, -0.1) is 0 Å². The molecule has 0 saturated heterocycles. The van der Waals surface area contributed by atoms with Crippen LogP contribution in [-0.4, -0.2) is 42.2 Å². The highest BCUT2D eigenvalue weighted by atomic mass is 19.4. The van der Waals surface area contributed by atoms with Crippen molar-refractivity contribution in [2.24, 2.45) is 0 Å². The number of ether oxygens (including phenoxy) is 2. The number of nitrogens with zero attached hydrogens (tertiary/aromatic N) is 6. The summed E-state index contributed by atoms with van der Waals surface area (Å²) in [6, 6.07) is 26.0. The van der Waals surface area contributed by atoms with E-state index in [4.69, 9.17) is 9.47 Å². The lowest BCUT2D eigenvalue weighted by Crippen LogP contribution is -2.15. The van der Waals surface area contributed by atoms with Gasteiger partial charge in [0.1, 0.15) is 22.4 Å². The topological polar surface area (TPSA) is 199 Å². The molecule has 0 amide bonds. The molecule has 0 aliphatic rings. The molecule has 71 heavy (non-hydrogen) atoms. The highest BCUT2D eigenvalue weighted by Gasteiger charge is 2.32. The number of nitrogens with one attached hydrogen (secondary N) is 2. The van der Waals surface area contributed by atoms with Crippen molar-refractivity contribution >= 4 is 56.2 Å². The van der Waals surface area contributed by atoms with Gasteiger partial charge in [0.25, 0.3) is 11.4 Å². The molecule has 0 radical (unpaired) electrons. The summed E-state index contributed by atoms with van der Waals surface area (Å²) in [4.78, 5) is 56.6. The number of anilines is 4. The van der Waals surface area contributed by atoms with E-state index < -0.39 is 38.8 Å². The molecule has 2 N–H and O–H groups in total. The number of hydrogen-bond acceptors (Lipinski definition) is 12. The summed E-state index contributed by atoms with van der Waals surface area (Å²) in [5.41, 5.74) is -0.709. The Balaban J connectivity index is 0.000000209. The molecule has 4 aromatic carbocycles. The fraction of sp³-hybridized carbons (Fsp3) is 0.184. The van der Waals surface area contributed by atoms with Crippen LogP contribution >= 0.6 is 0 Å². The Hall–Kier alpha value is -8.82. The van der Waals surface area contributed by atoms with E-state index in [0.717, 1.165) is 30.3 Å². The van der Waals surface area contributed by atoms with Crippen molar-refractivity contribution in [2.45, 2.75) is 46.5 Å². The van der Waals surface area contributed by atoms with Crippen molar-refractivity contribution in [1.29, 1.82) is 0 Å². The highest BCUT2D eigenvalue weighted by Crippen LogP contribution is 2.36. The quantitative estimate of drug-likeness (QED) is 0.0630. The minimum atomic E-state index is -4.65. The Labute approximate surface area is 398 Å². The fourth-order valence-corrected chi connectivity index (χ4v) is 7.47. The molecule has 0 atom stereocenters. The lowest BCUT2D eigenvalue weighted by molar-refractivity contribution is -0.385. The van der Waals surface area contributed by atoms with Gasteiger partial charge in [0.2, 0.25) is 11.8 Å². The molecule has 16 nitrogen and oxygen atoms in total. The average molecular weight is 983 g/mol. The molecule has 4 aromatic heterocycles. The number of rotatable bonds is 13. The largest absolute Gasteiger partial charge is 0.477 e. The van der Waals surface area contributed by atoms with Gasteiger partial charge in [0.05, 0.1) is 50.9 Å². The number of fused-ring (bicyclic) bond motifs is 2. The Morgan fingerprint density at radius 1 is 0.577 bits per heavy atom. The maximum absolute atomic E-state index is 13.5. The van der Waals surface area contributed by atoms with Crippen LogP contribution < -0.4 is 31.0 Å². The van der Waals surface area contributed by atoms with Crippen molar-refractivity contribution in [3.63, 3.8) is 0 Å². The summed E-state index contributed by atoms with van der Waals surface area (Å²) < 4.78 is 94.4. The lowest BCUT2D eigenvalue weighted by Gasteiger charge is -2.21. The van der Waals surface area contributed by atoms with Gasteiger partial charge in [-0.2, -0.15) is 26.3 Å². The summed E-state index contributed by atoms with van der Waals surface area (Å²) in [7, 11) is 0. The van der Waals surface area contributed by atoms with Crippen LogP contribution in [0.4, 0.5) is 60.7 Å². The minimum Gasteiger partial charge on any atom is -0.477 e. The summed E-state index contributed by atoms with van der Waals surface area (Å²) >= 11 is 0. The lowest BCUT2D eigenvalue weighted by atomic mass is 10.1. The number of pyridine rings is 4. The summed E-state index contributed by atoms with van der Waals surface area (Å²) in [6.45, 7) is 7.52. The second kappa shape index (κ2) is 20.4. The number of hydrogen-bond donors (Lipinski definition) is 2. The van der Waals surface area contributed by atoms with E-state index in [9.17, 15) is 56.2 Å². The second-order valence-corrected chi connectivity index (χ2v) is 15.6. The van der Waals surface area contributed by atoms with Gasteiger partial charge < -0.3 is 20.1 Å².